The van der Waals surface area contributed by atoms with E-state index in [0.717, 1.165) is 23.7 Å². The molecule has 1 aliphatic heterocycles. The molecule has 1 fully saturated rings. The van der Waals surface area contributed by atoms with Crippen LogP contribution in [0.5, 0.6) is 0 Å². The van der Waals surface area contributed by atoms with E-state index in [4.69, 9.17) is 0 Å². The van der Waals surface area contributed by atoms with Gasteiger partial charge < -0.3 is 5.32 Å². The van der Waals surface area contributed by atoms with E-state index < -0.39 is 5.54 Å². The summed E-state index contributed by atoms with van der Waals surface area (Å²) in [4.78, 5) is 12.2. The van der Waals surface area contributed by atoms with Crippen LogP contribution in [-0.4, -0.2) is 28.7 Å². The molecule has 0 radical (unpaired) electrons. The van der Waals surface area contributed by atoms with Gasteiger partial charge >= 0.3 is 0 Å². The summed E-state index contributed by atoms with van der Waals surface area (Å²) in [5.41, 5.74) is 1.17. The van der Waals surface area contributed by atoms with E-state index in [1.54, 1.807) is 11.8 Å². The number of nitrogens with zero attached hydrogens (tertiary/aromatic N) is 1. The summed E-state index contributed by atoms with van der Waals surface area (Å²) in [5.74, 6) is 3.52. The molecule has 1 aliphatic rings. The fourth-order valence-corrected chi connectivity index (χ4v) is 3.94. The van der Waals surface area contributed by atoms with Crippen LogP contribution in [0.4, 0.5) is 0 Å². The summed E-state index contributed by atoms with van der Waals surface area (Å²) in [6.07, 6.45) is 0.727. The number of hydrogen-bond acceptors (Lipinski definition) is 4. The molecule has 106 valence electrons. The second-order valence-electron chi connectivity index (χ2n) is 4.78. The number of carbonyl (C=O) groups excluding carboxylic acids is 1. The van der Waals surface area contributed by atoms with Gasteiger partial charge in [0.15, 0.2) is 0 Å². The van der Waals surface area contributed by atoms with Gasteiger partial charge in [0.25, 0.3) is 5.91 Å². The Hall–Kier alpha value is -1.12. The van der Waals surface area contributed by atoms with Crippen molar-refractivity contribution in [2.24, 2.45) is 0 Å². The highest BCUT2D eigenvalue weighted by Crippen LogP contribution is 2.27. The van der Waals surface area contributed by atoms with Crippen LogP contribution in [-0.2, 0) is 5.75 Å². The Morgan fingerprint density at radius 1 is 1.50 bits per heavy atom. The van der Waals surface area contributed by atoms with Gasteiger partial charge in [0.05, 0.1) is 6.07 Å². The summed E-state index contributed by atoms with van der Waals surface area (Å²) in [6.45, 7) is 2.13. The number of nitriles is 1. The first-order valence-electron chi connectivity index (χ1n) is 6.67. The van der Waals surface area contributed by atoms with Crippen molar-refractivity contribution in [3.8, 4) is 6.07 Å². The molecule has 0 unspecified atom stereocenters. The SMILES string of the molecule is CCSCc1ccc(C(=O)N[C@]2(C#N)CCSC2)cc1. The third-order valence-electron chi connectivity index (χ3n) is 3.28. The van der Waals surface area contributed by atoms with Crippen molar-refractivity contribution in [3.05, 3.63) is 35.4 Å². The zero-order valence-corrected chi connectivity index (χ0v) is 13.1. The van der Waals surface area contributed by atoms with Crippen molar-refractivity contribution in [3.63, 3.8) is 0 Å². The molecule has 1 amide bonds. The summed E-state index contributed by atoms with van der Waals surface area (Å²) >= 11 is 3.57. The minimum Gasteiger partial charge on any atom is -0.333 e. The molecule has 5 heteroatoms. The van der Waals surface area contributed by atoms with E-state index in [2.05, 4.69) is 18.3 Å². The zero-order valence-electron chi connectivity index (χ0n) is 11.5. The lowest BCUT2D eigenvalue weighted by atomic mass is 10.0. The van der Waals surface area contributed by atoms with Crippen LogP contribution in [0.1, 0.15) is 29.3 Å². The molecule has 0 aromatic heterocycles. The average Bonchev–Trinajstić information content (AvgIpc) is 2.94. The van der Waals surface area contributed by atoms with Crippen LogP contribution in [0.15, 0.2) is 24.3 Å². The van der Waals surface area contributed by atoms with Gasteiger partial charge in [-0.25, -0.2) is 0 Å². The monoisotopic (exact) mass is 306 g/mol. The van der Waals surface area contributed by atoms with Crippen LogP contribution in [0, 0.1) is 11.3 Å². The van der Waals surface area contributed by atoms with Gasteiger partial charge in [-0.05, 0) is 35.6 Å². The van der Waals surface area contributed by atoms with Gasteiger partial charge in [-0.15, -0.1) is 0 Å². The summed E-state index contributed by atoms with van der Waals surface area (Å²) in [6, 6.07) is 9.92. The van der Waals surface area contributed by atoms with Gasteiger partial charge in [-0.1, -0.05) is 19.1 Å². The van der Waals surface area contributed by atoms with Crippen molar-refractivity contribution in [2.75, 3.05) is 17.3 Å². The molecule has 1 aromatic rings. The molecular formula is C15H18N2OS2. The van der Waals surface area contributed by atoms with Crippen LogP contribution in [0.3, 0.4) is 0 Å². The number of carbonyl (C=O) groups is 1. The Bertz CT molecular complexity index is 502. The third kappa shape index (κ3) is 3.71. The maximum absolute atomic E-state index is 12.2. The Kier molecular flexibility index (Phi) is 5.38. The van der Waals surface area contributed by atoms with E-state index in [1.807, 2.05) is 36.0 Å². The normalized spacial score (nSPS) is 21.4. The molecule has 20 heavy (non-hydrogen) atoms. The Morgan fingerprint density at radius 3 is 2.80 bits per heavy atom. The van der Waals surface area contributed by atoms with Crippen LogP contribution < -0.4 is 5.32 Å². The Balaban J connectivity index is 2.00. The molecule has 0 spiro atoms. The summed E-state index contributed by atoms with van der Waals surface area (Å²) in [5, 5.41) is 12.2. The minimum atomic E-state index is -0.682. The number of benzene rings is 1. The highest BCUT2D eigenvalue weighted by Gasteiger charge is 2.36. The second kappa shape index (κ2) is 7.05. The zero-order chi connectivity index (χ0) is 14.4. The first-order chi connectivity index (χ1) is 9.69. The average molecular weight is 306 g/mol. The first-order valence-corrected chi connectivity index (χ1v) is 8.98. The molecule has 1 atom stereocenters. The standard InChI is InChI=1S/C15H18N2OS2/c1-2-19-9-12-3-5-13(6-4-12)14(18)17-15(10-16)7-8-20-11-15/h3-6H,2,7-9,11H2,1H3,(H,17,18)/t15-/m0/s1. The Morgan fingerprint density at radius 2 is 2.25 bits per heavy atom. The van der Waals surface area contributed by atoms with E-state index in [1.165, 1.54) is 5.56 Å². The molecule has 0 aliphatic carbocycles. The van der Waals surface area contributed by atoms with Gasteiger partial charge in [-0.3, -0.25) is 4.79 Å². The van der Waals surface area contributed by atoms with Gasteiger partial charge in [0.1, 0.15) is 5.54 Å². The van der Waals surface area contributed by atoms with Crippen LogP contribution >= 0.6 is 23.5 Å². The number of amides is 1. The summed E-state index contributed by atoms with van der Waals surface area (Å²) in [7, 11) is 0. The number of nitrogens with one attached hydrogen (secondary N) is 1. The van der Waals surface area contributed by atoms with Crippen LogP contribution in [0.2, 0.25) is 0 Å². The topological polar surface area (TPSA) is 52.9 Å². The van der Waals surface area contributed by atoms with Crippen molar-refractivity contribution >= 4 is 29.4 Å². The largest absolute Gasteiger partial charge is 0.333 e. The fourth-order valence-electron chi connectivity index (χ4n) is 2.04. The maximum atomic E-state index is 12.2. The quantitative estimate of drug-likeness (QED) is 0.908. The molecule has 0 bridgehead atoms. The van der Waals surface area contributed by atoms with E-state index in [9.17, 15) is 10.1 Å². The molecule has 1 heterocycles. The van der Waals surface area contributed by atoms with Gasteiger partial charge in [0.2, 0.25) is 0 Å². The van der Waals surface area contributed by atoms with E-state index in [-0.39, 0.29) is 5.91 Å². The van der Waals surface area contributed by atoms with Gasteiger partial charge in [-0.2, -0.15) is 28.8 Å². The molecule has 1 aromatic carbocycles. The van der Waals surface area contributed by atoms with Crippen molar-refractivity contribution in [2.45, 2.75) is 24.6 Å². The molecule has 0 saturated carbocycles. The van der Waals surface area contributed by atoms with Crippen molar-refractivity contribution in [1.29, 1.82) is 5.26 Å². The highest BCUT2D eigenvalue weighted by atomic mass is 32.2. The lowest BCUT2D eigenvalue weighted by molar-refractivity contribution is 0.0926. The first kappa shape index (κ1) is 15.3. The van der Waals surface area contributed by atoms with E-state index >= 15 is 0 Å². The lowest BCUT2D eigenvalue weighted by Gasteiger charge is -2.21. The van der Waals surface area contributed by atoms with Gasteiger partial charge in [0, 0.05) is 17.1 Å². The van der Waals surface area contributed by atoms with Crippen LogP contribution in [0.25, 0.3) is 0 Å². The third-order valence-corrected chi connectivity index (χ3v) is 5.41. The smallest absolute Gasteiger partial charge is 0.252 e. The van der Waals surface area contributed by atoms with Crippen molar-refractivity contribution in [1.82, 2.24) is 5.32 Å². The highest BCUT2D eigenvalue weighted by molar-refractivity contribution is 7.99. The lowest BCUT2D eigenvalue weighted by Crippen LogP contribution is -2.47. The predicted molar refractivity (Wildman–Crippen MR) is 86.0 cm³/mol. The molecule has 2 rings (SSSR count). The molecule has 3 nitrogen and oxygen atoms in total. The minimum absolute atomic E-state index is 0.149. The molecular weight excluding hydrogens is 288 g/mol. The number of hydrogen-bond donors (Lipinski definition) is 1. The summed E-state index contributed by atoms with van der Waals surface area (Å²) < 4.78 is 0. The molecule has 1 saturated heterocycles. The second-order valence-corrected chi connectivity index (χ2v) is 7.16. The maximum Gasteiger partial charge on any atom is 0.252 e. The van der Waals surface area contributed by atoms with Crippen molar-refractivity contribution < 1.29 is 4.79 Å². The number of thioether (sulfide) groups is 2. The fraction of sp³-hybridized carbons (Fsp3) is 0.467. The predicted octanol–water partition coefficient (Wildman–Crippen LogP) is 3.07. The number of rotatable bonds is 5. The Labute approximate surface area is 128 Å². The van der Waals surface area contributed by atoms with E-state index in [0.29, 0.717) is 11.3 Å². The molecule has 1 N–H and O–H groups in total.